The van der Waals surface area contributed by atoms with Crippen molar-refractivity contribution in [2.45, 2.75) is 45.6 Å². The van der Waals surface area contributed by atoms with Crippen LogP contribution in [0.4, 0.5) is 0 Å². The number of rotatable bonds is 2. The number of hydrogen-bond acceptors (Lipinski definition) is 3. The van der Waals surface area contributed by atoms with Gasteiger partial charge >= 0.3 is 0 Å². The predicted molar refractivity (Wildman–Crippen MR) is 76.7 cm³/mol. The molecular weight excluding hydrogens is 252 g/mol. The van der Waals surface area contributed by atoms with E-state index in [1.807, 2.05) is 24.0 Å². The number of piperidine rings is 1. The highest BCUT2D eigenvalue weighted by atomic mass is 16.2. The summed E-state index contributed by atoms with van der Waals surface area (Å²) in [6, 6.07) is 4.03. The second kappa shape index (κ2) is 5.23. The van der Waals surface area contributed by atoms with E-state index in [4.69, 9.17) is 0 Å². The topological polar surface area (TPSA) is 50.5 Å². The Hall–Kier alpha value is -1.91. The number of fused-ring (bicyclic) bond motifs is 1. The van der Waals surface area contributed by atoms with Gasteiger partial charge in [-0.3, -0.25) is 4.79 Å². The van der Waals surface area contributed by atoms with Crippen molar-refractivity contribution in [2.24, 2.45) is 0 Å². The van der Waals surface area contributed by atoms with Crippen LogP contribution in [0.1, 0.15) is 48.8 Å². The van der Waals surface area contributed by atoms with E-state index >= 15 is 0 Å². The van der Waals surface area contributed by atoms with Crippen molar-refractivity contribution < 1.29 is 4.79 Å². The van der Waals surface area contributed by atoms with Crippen LogP contribution in [0.5, 0.6) is 0 Å². The number of nitrogens with zero attached hydrogens (tertiary/aromatic N) is 4. The van der Waals surface area contributed by atoms with Gasteiger partial charge in [-0.15, -0.1) is 0 Å². The van der Waals surface area contributed by atoms with E-state index in [1.165, 1.54) is 6.42 Å². The van der Waals surface area contributed by atoms with Crippen molar-refractivity contribution >= 4 is 11.6 Å². The van der Waals surface area contributed by atoms with E-state index in [1.54, 1.807) is 10.7 Å². The molecule has 3 rings (SSSR count). The predicted octanol–water partition coefficient (Wildman–Crippen LogP) is 2.44. The molecule has 1 fully saturated rings. The monoisotopic (exact) mass is 272 g/mol. The maximum atomic E-state index is 12.7. The van der Waals surface area contributed by atoms with Gasteiger partial charge < -0.3 is 4.90 Å². The van der Waals surface area contributed by atoms with Gasteiger partial charge in [-0.1, -0.05) is 6.92 Å². The summed E-state index contributed by atoms with van der Waals surface area (Å²) in [6.45, 7) is 4.95. The molecule has 0 radical (unpaired) electrons. The SMILES string of the molecule is CCC1CCCCN1C(=O)c1cc(C)n2nccc2n1. The molecule has 1 amide bonds. The lowest BCUT2D eigenvalue weighted by Gasteiger charge is -2.35. The molecule has 5 nitrogen and oxygen atoms in total. The highest BCUT2D eigenvalue weighted by Gasteiger charge is 2.27. The maximum Gasteiger partial charge on any atom is 0.272 e. The highest BCUT2D eigenvalue weighted by Crippen LogP contribution is 2.21. The molecule has 1 saturated heterocycles. The van der Waals surface area contributed by atoms with Gasteiger partial charge in [-0.25, -0.2) is 9.50 Å². The minimum atomic E-state index is 0.0587. The molecule has 0 aliphatic carbocycles. The van der Waals surface area contributed by atoms with Crippen LogP contribution in [0.15, 0.2) is 18.3 Å². The second-order valence-electron chi connectivity index (χ2n) is 5.44. The summed E-state index contributed by atoms with van der Waals surface area (Å²) in [4.78, 5) is 19.2. The van der Waals surface area contributed by atoms with Crippen LogP contribution in [-0.2, 0) is 0 Å². The Morgan fingerprint density at radius 1 is 1.45 bits per heavy atom. The number of aromatic nitrogens is 3. The Labute approximate surface area is 118 Å². The number of hydrogen-bond donors (Lipinski definition) is 0. The first-order valence-electron chi connectivity index (χ1n) is 7.33. The minimum absolute atomic E-state index is 0.0587. The first-order valence-corrected chi connectivity index (χ1v) is 7.33. The van der Waals surface area contributed by atoms with Crippen molar-refractivity contribution in [3.05, 3.63) is 29.7 Å². The van der Waals surface area contributed by atoms with Crippen molar-refractivity contribution in [2.75, 3.05) is 6.54 Å². The fourth-order valence-corrected chi connectivity index (χ4v) is 3.02. The molecule has 2 aromatic rings. The van der Waals surface area contributed by atoms with E-state index < -0.39 is 0 Å². The first kappa shape index (κ1) is 13.1. The van der Waals surface area contributed by atoms with Crippen LogP contribution >= 0.6 is 0 Å². The molecule has 0 saturated carbocycles. The van der Waals surface area contributed by atoms with Crippen LogP contribution in [0.25, 0.3) is 5.65 Å². The summed E-state index contributed by atoms with van der Waals surface area (Å²) in [7, 11) is 0. The number of carbonyl (C=O) groups is 1. The molecule has 3 heterocycles. The van der Waals surface area contributed by atoms with E-state index in [2.05, 4.69) is 17.0 Å². The zero-order valence-corrected chi connectivity index (χ0v) is 12.0. The van der Waals surface area contributed by atoms with E-state index in [0.717, 1.165) is 37.1 Å². The molecule has 0 aromatic carbocycles. The summed E-state index contributed by atoms with van der Waals surface area (Å²) < 4.78 is 1.75. The molecule has 5 heteroatoms. The summed E-state index contributed by atoms with van der Waals surface area (Å²) in [5.41, 5.74) is 2.21. The van der Waals surface area contributed by atoms with Crippen LogP contribution < -0.4 is 0 Å². The fraction of sp³-hybridized carbons (Fsp3) is 0.533. The molecule has 0 bridgehead atoms. The molecule has 0 N–H and O–H groups in total. The Morgan fingerprint density at radius 2 is 2.30 bits per heavy atom. The Balaban J connectivity index is 1.94. The summed E-state index contributed by atoms with van der Waals surface area (Å²) in [6.07, 6.45) is 6.14. The number of likely N-dealkylation sites (tertiary alicyclic amines) is 1. The van der Waals surface area contributed by atoms with Crippen LogP contribution in [-0.4, -0.2) is 38.0 Å². The van der Waals surface area contributed by atoms with Crippen LogP contribution in [0.3, 0.4) is 0 Å². The normalized spacial score (nSPS) is 19.5. The third-order valence-corrected chi connectivity index (χ3v) is 4.12. The first-order chi connectivity index (χ1) is 9.70. The smallest absolute Gasteiger partial charge is 0.272 e. The summed E-state index contributed by atoms with van der Waals surface area (Å²) in [5, 5.41) is 4.19. The number of amides is 1. The van der Waals surface area contributed by atoms with Gasteiger partial charge in [0.25, 0.3) is 5.91 Å². The molecule has 0 spiro atoms. The fourth-order valence-electron chi connectivity index (χ4n) is 3.02. The molecule has 2 aromatic heterocycles. The Morgan fingerprint density at radius 3 is 3.10 bits per heavy atom. The van der Waals surface area contributed by atoms with Gasteiger partial charge in [-0.05, 0) is 38.7 Å². The van der Waals surface area contributed by atoms with E-state index in [9.17, 15) is 4.79 Å². The quantitative estimate of drug-likeness (QED) is 0.843. The van der Waals surface area contributed by atoms with Gasteiger partial charge in [0.15, 0.2) is 5.65 Å². The molecule has 106 valence electrons. The lowest BCUT2D eigenvalue weighted by molar-refractivity contribution is 0.0602. The van der Waals surface area contributed by atoms with Crippen LogP contribution in [0.2, 0.25) is 0 Å². The summed E-state index contributed by atoms with van der Waals surface area (Å²) >= 11 is 0. The van der Waals surface area contributed by atoms with Gasteiger partial charge in [0.1, 0.15) is 5.69 Å². The zero-order chi connectivity index (χ0) is 14.1. The lowest BCUT2D eigenvalue weighted by atomic mass is 9.99. The van der Waals surface area contributed by atoms with Gasteiger partial charge in [-0.2, -0.15) is 5.10 Å². The minimum Gasteiger partial charge on any atom is -0.334 e. The van der Waals surface area contributed by atoms with Crippen LogP contribution in [0, 0.1) is 6.92 Å². The highest BCUT2D eigenvalue weighted by molar-refractivity contribution is 5.93. The van der Waals surface area contributed by atoms with Gasteiger partial charge in [0, 0.05) is 24.3 Å². The molecular formula is C15H20N4O. The summed E-state index contributed by atoms with van der Waals surface area (Å²) in [5.74, 6) is 0.0587. The molecule has 1 unspecified atom stereocenters. The van der Waals surface area contributed by atoms with Crippen molar-refractivity contribution in [3.63, 3.8) is 0 Å². The average molecular weight is 272 g/mol. The van der Waals surface area contributed by atoms with Crippen molar-refractivity contribution in [1.82, 2.24) is 19.5 Å². The zero-order valence-electron chi connectivity index (χ0n) is 12.0. The third kappa shape index (κ3) is 2.17. The average Bonchev–Trinajstić information content (AvgIpc) is 2.95. The Kier molecular flexibility index (Phi) is 3.42. The standard InChI is InChI=1S/C15H20N4O/c1-3-12-6-4-5-9-18(12)15(20)13-10-11(2)19-14(17-13)7-8-16-19/h7-8,10,12H,3-6,9H2,1-2H3. The molecule has 1 aliphatic rings. The number of carbonyl (C=O) groups excluding carboxylic acids is 1. The molecule has 1 atom stereocenters. The van der Waals surface area contributed by atoms with E-state index in [0.29, 0.717) is 11.7 Å². The van der Waals surface area contributed by atoms with Crippen molar-refractivity contribution in [3.8, 4) is 0 Å². The maximum absolute atomic E-state index is 12.7. The van der Waals surface area contributed by atoms with Crippen molar-refractivity contribution in [1.29, 1.82) is 0 Å². The van der Waals surface area contributed by atoms with E-state index in [-0.39, 0.29) is 5.91 Å². The van der Waals surface area contributed by atoms with Gasteiger partial charge in [0.05, 0.1) is 6.20 Å². The largest absolute Gasteiger partial charge is 0.334 e. The third-order valence-electron chi connectivity index (χ3n) is 4.12. The van der Waals surface area contributed by atoms with Gasteiger partial charge in [0.2, 0.25) is 0 Å². The molecule has 1 aliphatic heterocycles. The second-order valence-corrected chi connectivity index (χ2v) is 5.44. The number of aryl methyl sites for hydroxylation is 1. The Bertz CT molecular complexity index is 634. The molecule has 20 heavy (non-hydrogen) atoms. The lowest BCUT2D eigenvalue weighted by Crippen LogP contribution is -2.43.